The Bertz CT molecular complexity index is 1270. The standard InChI is InChI=1S/C24H28N4O3S/c1-14-9-8-10-17(15(14)2)25-19(29)13-27(4)24(31)21-16(3)20-22(32-21)26-18-11-6-5-7-12-28(18)23(20)30/h8-10H,5-7,11-13H2,1-4H3,(H,25,29). The summed E-state index contributed by atoms with van der Waals surface area (Å²) in [5, 5.41) is 3.41. The molecule has 0 aliphatic carbocycles. The lowest BCUT2D eigenvalue weighted by atomic mass is 10.1. The van der Waals surface area contributed by atoms with Gasteiger partial charge in [0.15, 0.2) is 0 Å². The average Bonchev–Trinajstić information content (AvgIpc) is 2.92. The Morgan fingerprint density at radius 1 is 1.16 bits per heavy atom. The number of fused-ring (bicyclic) bond motifs is 2. The van der Waals surface area contributed by atoms with Crippen LogP contribution in [0.3, 0.4) is 0 Å². The zero-order valence-corrected chi connectivity index (χ0v) is 19.8. The second-order valence-corrected chi connectivity index (χ2v) is 9.49. The highest BCUT2D eigenvalue weighted by molar-refractivity contribution is 7.20. The molecule has 8 heteroatoms. The number of aryl methyl sites for hydroxylation is 3. The first-order chi connectivity index (χ1) is 15.3. The second-order valence-electron chi connectivity index (χ2n) is 8.49. The van der Waals surface area contributed by atoms with Crippen LogP contribution in [0.2, 0.25) is 0 Å². The number of thiophene rings is 1. The molecule has 1 aliphatic rings. The van der Waals surface area contributed by atoms with Crippen molar-refractivity contribution in [2.24, 2.45) is 0 Å². The van der Waals surface area contributed by atoms with Gasteiger partial charge in [0.1, 0.15) is 10.7 Å². The van der Waals surface area contributed by atoms with Crippen molar-refractivity contribution in [1.29, 1.82) is 0 Å². The molecule has 4 rings (SSSR count). The molecule has 3 aromatic rings. The fourth-order valence-electron chi connectivity index (χ4n) is 4.15. The Kier molecular flexibility index (Phi) is 6.15. The molecule has 7 nitrogen and oxygen atoms in total. The van der Waals surface area contributed by atoms with Crippen LogP contribution >= 0.6 is 11.3 Å². The molecule has 0 saturated heterocycles. The van der Waals surface area contributed by atoms with E-state index in [0.29, 0.717) is 27.2 Å². The van der Waals surface area contributed by atoms with Crippen molar-refractivity contribution >= 4 is 39.1 Å². The predicted molar refractivity (Wildman–Crippen MR) is 128 cm³/mol. The number of carbonyl (C=O) groups is 2. The minimum atomic E-state index is -0.277. The predicted octanol–water partition coefficient (Wildman–Crippen LogP) is 3.82. The van der Waals surface area contributed by atoms with Crippen LogP contribution in [0.4, 0.5) is 5.69 Å². The van der Waals surface area contributed by atoms with E-state index in [4.69, 9.17) is 4.98 Å². The van der Waals surface area contributed by atoms with Crippen LogP contribution in [-0.4, -0.2) is 39.9 Å². The Morgan fingerprint density at radius 3 is 2.72 bits per heavy atom. The van der Waals surface area contributed by atoms with Crippen molar-refractivity contribution < 1.29 is 9.59 Å². The summed E-state index contributed by atoms with van der Waals surface area (Å²) in [5.41, 5.74) is 3.42. The highest BCUT2D eigenvalue weighted by Gasteiger charge is 2.25. The molecule has 168 valence electrons. The highest BCUT2D eigenvalue weighted by atomic mass is 32.1. The molecule has 0 bridgehead atoms. The largest absolute Gasteiger partial charge is 0.332 e. The lowest BCUT2D eigenvalue weighted by Gasteiger charge is -2.17. The molecule has 0 saturated carbocycles. The van der Waals surface area contributed by atoms with Gasteiger partial charge in [-0.15, -0.1) is 11.3 Å². The van der Waals surface area contributed by atoms with Crippen LogP contribution in [-0.2, 0) is 17.8 Å². The summed E-state index contributed by atoms with van der Waals surface area (Å²) >= 11 is 1.24. The molecule has 0 atom stereocenters. The van der Waals surface area contributed by atoms with Gasteiger partial charge in [-0.1, -0.05) is 18.6 Å². The Labute approximate surface area is 191 Å². The molecular formula is C24H28N4O3S. The summed E-state index contributed by atoms with van der Waals surface area (Å²) in [5.74, 6) is 0.265. The first-order valence-corrected chi connectivity index (χ1v) is 11.7. The van der Waals surface area contributed by atoms with Crippen LogP contribution in [0.25, 0.3) is 10.2 Å². The molecule has 2 aromatic heterocycles. The summed E-state index contributed by atoms with van der Waals surface area (Å²) in [4.78, 5) is 46.0. The molecule has 0 fully saturated rings. The van der Waals surface area contributed by atoms with Gasteiger partial charge < -0.3 is 10.2 Å². The van der Waals surface area contributed by atoms with Crippen LogP contribution in [0.5, 0.6) is 0 Å². The van der Waals surface area contributed by atoms with Crippen molar-refractivity contribution in [3.8, 4) is 0 Å². The zero-order chi connectivity index (χ0) is 23.0. The number of hydrogen-bond acceptors (Lipinski definition) is 5. The molecular weight excluding hydrogens is 424 g/mol. The zero-order valence-electron chi connectivity index (χ0n) is 18.9. The Hall–Kier alpha value is -3.00. The third-order valence-corrected chi connectivity index (χ3v) is 7.39. The molecule has 1 aromatic carbocycles. The van der Waals surface area contributed by atoms with Crippen LogP contribution in [0.1, 0.15) is 51.4 Å². The van der Waals surface area contributed by atoms with E-state index in [1.54, 1.807) is 18.5 Å². The number of aromatic nitrogens is 2. The van der Waals surface area contributed by atoms with Gasteiger partial charge in [0.05, 0.1) is 16.8 Å². The molecule has 1 N–H and O–H groups in total. The topological polar surface area (TPSA) is 84.3 Å². The Morgan fingerprint density at radius 2 is 1.94 bits per heavy atom. The van der Waals surface area contributed by atoms with E-state index < -0.39 is 0 Å². The number of likely N-dealkylation sites (N-methyl/N-ethyl adjacent to an activating group) is 1. The van der Waals surface area contributed by atoms with Crippen LogP contribution in [0, 0.1) is 20.8 Å². The first kappa shape index (κ1) is 22.2. The lowest BCUT2D eigenvalue weighted by Crippen LogP contribution is -2.35. The van der Waals surface area contributed by atoms with E-state index in [2.05, 4.69) is 5.32 Å². The molecule has 3 heterocycles. The number of hydrogen-bond donors (Lipinski definition) is 1. The summed E-state index contributed by atoms with van der Waals surface area (Å²) in [7, 11) is 1.60. The first-order valence-electron chi connectivity index (χ1n) is 10.9. The maximum atomic E-state index is 13.2. The van der Waals surface area contributed by atoms with E-state index in [1.807, 2.05) is 32.0 Å². The smallest absolute Gasteiger partial charge is 0.264 e. The third kappa shape index (κ3) is 4.07. The minimum Gasteiger partial charge on any atom is -0.332 e. The molecule has 1 aliphatic heterocycles. The molecule has 2 amide bonds. The van der Waals surface area contributed by atoms with Crippen molar-refractivity contribution in [1.82, 2.24) is 14.5 Å². The van der Waals surface area contributed by atoms with Gasteiger partial charge in [0.2, 0.25) is 5.91 Å². The quantitative estimate of drug-likeness (QED) is 0.652. The molecule has 0 radical (unpaired) electrons. The number of anilines is 1. The monoisotopic (exact) mass is 452 g/mol. The minimum absolute atomic E-state index is 0.0602. The number of rotatable bonds is 4. The van der Waals surface area contributed by atoms with E-state index >= 15 is 0 Å². The SMILES string of the molecule is Cc1cccc(NC(=O)CN(C)C(=O)c2sc3nc4n(c(=O)c3c2C)CCCCC4)c1C. The van der Waals surface area contributed by atoms with Crippen LogP contribution in [0.15, 0.2) is 23.0 Å². The molecule has 0 unspecified atom stereocenters. The van der Waals surface area contributed by atoms with Gasteiger partial charge in [-0.3, -0.25) is 19.0 Å². The summed E-state index contributed by atoms with van der Waals surface area (Å²) in [6.45, 7) is 6.33. The number of benzene rings is 1. The van der Waals surface area contributed by atoms with Crippen molar-refractivity contribution in [3.63, 3.8) is 0 Å². The van der Waals surface area contributed by atoms with Crippen LogP contribution < -0.4 is 10.9 Å². The normalized spacial score (nSPS) is 13.5. The van der Waals surface area contributed by atoms with Gasteiger partial charge in [0, 0.05) is 25.7 Å². The van der Waals surface area contributed by atoms with Gasteiger partial charge in [0.25, 0.3) is 11.5 Å². The van der Waals surface area contributed by atoms with Gasteiger partial charge >= 0.3 is 0 Å². The fraction of sp³-hybridized carbons (Fsp3) is 0.417. The van der Waals surface area contributed by atoms with Crippen molar-refractivity contribution in [3.05, 3.63) is 55.9 Å². The van der Waals surface area contributed by atoms with E-state index in [1.165, 1.54) is 16.2 Å². The van der Waals surface area contributed by atoms with E-state index in [-0.39, 0.29) is 23.9 Å². The number of amides is 2. The number of nitrogens with zero attached hydrogens (tertiary/aromatic N) is 3. The number of carbonyl (C=O) groups excluding carboxylic acids is 2. The Balaban J connectivity index is 1.57. The van der Waals surface area contributed by atoms with Gasteiger partial charge in [-0.25, -0.2) is 4.98 Å². The number of nitrogens with one attached hydrogen (secondary N) is 1. The highest BCUT2D eigenvalue weighted by Crippen LogP contribution is 2.29. The third-order valence-electron chi connectivity index (χ3n) is 6.21. The van der Waals surface area contributed by atoms with E-state index in [9.17, 15) is 14.4 Å². The van der Waals surface area contributed by atoms with Crippen molar-refractivity contribution in [2.45, 2.75) is 53.0 Å². The maximum Gasteiger partial charge on any atom is 0.264 e. The van der Waals surface area contributed by atoms with E-state index in [0.717, 1.165) is 48.3 Å². The summed E-state index contributed by atoms with van der Waals surface area (Å²) in [6, 6.07) is 5.73. The fourth-order valence-corrected chi connectivity index (χ4v) is 5.34. The van der Waals surface area contributed by atoms with Gasteiger partial charge in [-0.05, 0) is 56.4 Å². The summed E-state index contributed by atoms with van der Waals surface area (Å²) < 4.78 is 1.77. The van der Waals surface area contributed by atoms with Crippen molar-refractivity contribution in [2.75, 3.05) is 18.9 Å². The lowest BCUT2D eigenvalue weighted by molar-refractivity contribution is -0.116. The average molecular weight is 453 g/mol. The summed E-state index contributed by atoms with van der Waals surface area (Å²) in [6.07, 6.45) is 3.86. The molecule has 0 spiro atoms. The van der Waals surface area contributed by atoms with Gasteiger partial charge in [-0.2, -0.15) is 0 Å². The maximum absolute atomic E-state index is 13.2. The second kappa shape index (κ2) is 8.86. The molecule has 32 heavy (non-hydrogen) atoms.